The van der Waals surface area contributed by atoms with Gasteiger partial charge in [-0.25, -0.2) is 9.97 Å². The molecule has 0 saturated heterocycles. The quantitative estimate of drug-likeness (QED) is 0.220. The van der Waals surface area contributed by atoms with Crippen LogP contribution in [0.15, 0.2) is 84.1 Å². The van der Waals surface area contributed by atoms with Gasteiger partial charge in [0.1, 0.15) is 10.6 Å². The van der Waals surface area contributed by atoms with Gasteiger partial charge in [-0.05, 0) is 35.9 Å². The van der Waals surface area contributed by atoms with Crippen LogP contribution in [0.5, 0.6) is 5.75 Å². The zero-order valence-corrected chi connectivity index (χ0v) is 20.0. The maximum atomic E-state index is 13.1. The Kier molecular flexibility index (Phi) is 5.37. The zero-order valence-electron chi connectivity index (χ0n) is 19.2. The van der Waals surface area contributed by atoms with E-state index >= 15 is 0 Å². The van der Waals surface area contributed by atoms with E-state index in [2.05, 4.69) is 25.4 Å². The van der Waals surface area contributed by atoms with E-state index in [9.17, 15) is 19.4 Å². The highest BCUT2D eigenvalue weighted by Crippen LogP contribution is 3.02. The number of pyridine rings is 1. The van der Waals surface area contributed by atoms with Crippen LogP contribution in [0.25, 0.3) is 22.4 Å². The molecule has 0 atom stereocenters. The van der Waals surface area contributed by atoms with Crippen LogP contribution in [0.3, 0.4) is 0 Å². The van der Waals surface area contributed by atoms with Gasteiger partial charge in [-0.2, -0.15) is 5.10 Å². The van der Waals surface area contributed by atoms with Gasteiger partial charge >= 0.3 is 10.2 Å². The summed E-state index contributed by atoms with van der Waals surface area (Å²) >= 11 is 0. The molecule has 0 saturated carbocycles. The van der Waals surface area contributed by atoms with Gasteiger partial charge in [0.25, 0.3) is 0 Å². The van der Waals surface area contributed by atoms with Crippen LogP contribution in [0.4, 0.5) is 30.9 Å². The van der Waals surface area contributed by atoms with Gasteiger partial charge in [0.2, 0.25) is 0 Å². The lowest BCUT2D eigenvalue weighted by Gasteiger charge is -2.40. The van der Waals surface area contributed by atoms with Gasteiger partial charge < -0.3 is 10.1 Å². The predicted octanol–water partition coefficient (Wildman–Crippen LogP) is 7.35. The van der Waals surface area contributed by atoms with Crippen LogP contribution in [0, 0.1) is 0 Å². The lowest BCUT2D eigenvalue weighted by molar-refractivity contribution is 0.364. The summed E-state index contributed by atoms with van der Waals surface area (Å²) in [5.74, 6) is 1.07. The number of fused-ring (bicyclic) bond motifs is 1. The molecule has 0 unspecified atom stereocenters. The Hall–Kier alpha value is -4.26. The summed E-state index contributed by atoms with van der Waals surface area (Å²) in [4.78, 5) is 11.0. The second-order valence-corrected chi connectivity index (χ2v) is 10.5. The molecule has 3 aromatic heterocycles. The average Bonchev–Trinajstić information content (AvgIpc) is 3.22. The summed E-state index contributed by atoms with van der Waals surface area (Å²) in [5, 5.41) is 8.46. The molecule has 1 N–H and O–H groups in total. The van der Waals surface area contributed by atoms with Crippen LogP contribution in [0.2, 0.25) is 0 Å². The summed E-state index contributed by atoms with van der Waals surface area (Å²) in [7, 11) is -8.26. The second-order valence-electron chi connectivity index (χ2n) is 8.11. The molecule has 0 fully saturated rings. The number of para-hydroxylation sites is 1. The molecule has 2 aromatic carbocycles. The Bertz CT molecular complexity index is 1590. The van der Waals surface area contributed by atoms with E-state index in [1.807, 2.05) is 6.07 Å². The van der Waals surface area contributed by atoms with Crippen LogP contribution in [0.1, 0.15) is 5.56 Å². The van der Waals surface area contributed by atoms with E-state index in [4.69, 9.17) is 4.74 Å². The van der Waals surface area contributed by atoms with E-state index in [-0.39, 0.29) is 12.4 Å². The first-order valence-corrected chi connectivity index (χ1v) is 12.7. The van der Waals surface area contributed by atoms with Crippen molar-refractivity contribution in [1.29, 1.82) is 0 Å². The molecule has 0 aliphatic carbocycles. The number of benzene rings is 2. The van der Waals surface area contributed by atoms with Crippen molar-refractivity contribution in [2.75, 3.05) is 12.4 Å². The molecule has 0 bridgehead atoms. The van der Waals surface area contributed by atoms with Crippen molar-refractivity contribution in [2.24, 2.45) is 0 Å². The Balaban J connectivity index is 1.52. The fourth-order valence-corrected chi connectivity index (χ4v) is 4.38. The summed E-state index contributed by atoms with van der Waals surface area (Å²) in [6.45, 7) is 0.0411. The number of nitrogens with one attached hydrogen (secondary N) is 1. The monoisotopic (exact) mass is 534 g/mol. The van der Waals surface area contributed by atoms with E-state index in [1.165, 1.54) is 13.3 Å². The maximum Gasteiger partial charge on any atom is 0.310 e. The summed E-state index contributed by atoms with van der Waals surface area (Å²) < 4.78 is 72.3. The highest BCUT2D eigenvalue weighted by molar-refractivity contribution is 8.45. The maximum absolute atomic E-state index is 13.1. The van der Waals surface area contributed by atoms with E-state index < -0.39 is 15.1 Å². The van der Waals surface area contributed by atoms with Crippen LogP contribution in [-0.4, -0.2) is 31.8 Å². The molecule has 3 heterocycles. The molecule has 0 aliphatic rings. The first-order valence-electron chi connectivity index (χ1n) is 10.8. The minimum atomic E-state index is -9.74. The summed E-state index contributed by atoms with van der Waals surface area (Å²) in [6.07, 6.45) is 4.74. The van der Waals surface area contributed by atoms with Crippen molar-refractivity contribution in [1.82, 2.24) is 24.7 Å². The molecule has 7 nitrogen and oxygen atoms in total. The molecule has 0 spiro atoms. The summed E-state index contributed by atoms with van der Waals surface area (Å²) in [5.41, 5.74) is 2.18. The largest absolute Gasteiger partial charge is 0.491 e. The number of hydrogen-bond acceptors (Lipinski definition) is 6. The zero-order chi connectivity index (χ0) is 26.3. The minimum absolute atomic E-state index is 0.0411. The van der Waals surface area contributed by atoms with Crippen LogP contribution >= 0.6 is 10.2 Å². The molecule has 5 aromatic rings. The number of ether oxygens (including phenoxy) is 1. The lowest BCUT2D eigenvalue weighted by Crippen LogP contribution is -2.07. The third-order valence-electron chi connectivity index (χ3n) is 5.49. The van der Waals surface area contributed by atoms with E-state index in [0.717, 1.165) is 17.8 Å². The molecular weight excluding hydrogens is 515 g/mol. The first-order chi connectivity index (χ1) is 17.4. The predicted molar refractivity (Wildman–Crippen MR) is 132 cm³/mol. The van der Waals surface area contributed by atoms with Crippen molar-refractivity contribution in [2.45, 2.75) is 11.4 Å². The van der Waals surface area contributed by atoms with Crippen LogP contribution < -0.4 is 10.1 Å². The highest BCUT2D eigenvalue weighted by Gasteiger charge is 2.65. The lowest BCUT2D eigenvalue weighted by atomic mass is 10.2. The van der Waals surface area contributed by atoms with Gasteiger partial charge in [-0.1, -0.05) is 49.8 Å². The fourth-order valence-electron chi connectivity index (χ4n) is 3.73. The van der Waals surface area contributed by atoms with Crippen LogP contribution in [-0.2, 0) is 6.54 Å². The first kappa shape index (κ1) is 24.4. The fraction of sp³-hybridized carbons (Fsp3) is 0.0833. The van der Waals surface area contributed by atoms with Crippen molar-refractivity contribution >= 4 is 32.6 Å². The van der Waals surface area contributed by atoms with E-state index in [1.54, 1.807) is 47.4 Å². The Morgan fingerprint density at radius 1 is 0.919 bits per heavy atom. The third kappa shape index (κ3) is 5.16. The van der Waals surface area contributed by atoms with Gasteiger partial charge in [0.05, 0.1) is 25.4 Å². The average molecular weight is 535 g/mol. The Morgan fingerprint density at radius 2 is 1.62 bits per heavy atom. The normalized spacial score (nSPS) is 13.7. The second kappa shape index (κ2) is 8.13. The number of methoxy groups -OCH3 is 1. The summed E-state index contributed by atoms with van der Waals surface area (Å²) in [6, 6.07) is 13.5. The highest BCUT2D eigenvalue weighted by atomic mass is 32.5. The number of nitrogens with zero attached hydrogens (tertiary/aromatic N) is 5. The Labute approximate surface area is 207 Å². The Morgan fingerprint density at radius 3 is 2.30 bits per heavy atom. The van der Waals surface area contributed by atoms with Crippen molar-refractivity contribution in [3.8, 4) is 17.3 Å². The standard InChI is InChI=1S/C24H19F5N6OS/c1-36-21-14-31-24(33-23(21)32-17-10-12-30-13-11-17)22-19-4-2-3-5-20(19)35(34-22)15-16-6-8-18(9-7-16)37(25,26,27,28)29/h2-14H,15H2,1H3,(H,30,31,32,33). The number of rotatable bonds is 7. The van der Waals surface area contributed by atoms with Crippen molar-refractivity contribution in [3.63, 3.8) is 0 Å². The molecule has 37 heavy (non-hydrogen) atoms. The number of aromatic nitrogens is 5. The molecule has 0 aliphatic heterocycles. The molecule has 0 radical (unpaired) electrons. The van der Waals surface area contributed by atoms with Gasteiger partial charge in [-0.15, -0.1) is 0 Å². The molecular formula is C24H19F5N6OS. The molecule has 5 rings (SSSR count). The number of halogens is 5. The SMILES string of the molecule is COc1cnc(-c2nn(Cc3ccc(S(F)(F)(F)(F)F)cc3)c3ccccc23)nc1Nc1ccncc1. The van der Waals surface area contributed by atoms with Crippen molar-refractivity contribution < 1.29 is 24.2 Å². The third-order valence-corrected chi connectivity index (χ3v) is 6.65. The van der Waals surface area contributed by atoms with Gasteiger partial charge in [0, 0.05) is 23.5 Å². The van der Waals surface area contributed by atoms with Gasteiger partial charge in [-0.3, -0.25) is 9.67 Å². The molecule has 192 valence electrons. The van der Waals surface area contributed by atoms with Gasteiger partial charge in [0.15, 0.2) is 17.4 Å². The van der Waals surface area contributed by atoms with E-state index in [0.29, 0.717) is 45.9 Å². The smallest absolute Gasteiger partial charge is 0.310 e. The number of anilines is 2. The molecule has 13 heteroatoms. The molecule has 0 amide bonds. The number of hydrogen-bond donors (Lipinski definition) is 1. The van der Waals surface area contributed by atoms with Crippen molar-refractivity contribution in [3.05, 3.63) is 84.8 Å². The minimum Gasteiger partial charge on any atom is -0.491 e. The topological polar surface area (TPSA) is 77.8 Å².